The van der Waals surface area contributed by atoms with Crippen LogP contribution in [0.2, 0.25) is 0 Å². The van der Waals surface area contributed by atoms with Crippen molar-refractivity contribution in [3.63, 3.8) is 0 Å². The highest BCUT2D eigenvalue weighted by molar-refractivity contribution is 4.98. The van der Waals surface area contributed by atoms with E-state index in [9.17, 15) is 0 Å². The molecule has 5 atom stereocenters. The Bertz CT molecular complexity index is 509. The smallest absolute Gasteiger partial charge is 0.0574 e. The van der Waals surface area contributed by atoms with Crippen LogP contribution in [0.1, 0.15) is 70.6 Å². The number of nitrogens with one attached hydrogen (secondary N) is 1. The second kappa shape index (κ2) is 11.1. The molecule has 0 spiro atoms. The molecule has 5 unspecified atom stereocenters. The number of methoxy groups -OCH3 is 1. The molecule has 1 saturated heterocycles. The lowest BCUT2D eigenvalue weighted by Crippen LogP contribution is -2.45. The monoisotopic (exact) mass is 420 g/mol. The molecule has 3 N–H and O–H groups in total. The van der Waals surface area contributed by atoms with Gasteiger partial charge in [0.05, 0.1) is 6.10 Å². The fourth-order valence-corrected chi connectivity index (χ4v) is 7.35. The van der Waals surface area contributed by atoms with Gasteiger partial charge >= 0.3 is 0 Å². The van der Waals surface area contributed by atoms with Crippen molar-refractivity contribution in [1.82, 2.24) is 15.1 Å². The normalized spacial score (nSPS) is 40.6. The van der Waals surface area contributed by atoms with Crippen LogP contribution < -0.4 is 11.1 Å². The van der Waals surface area contributed by atoms with E-state index >= 15 is 0 Å². The third kappa shape index (κ3) is 5.78. The van der Waals surface area contributed by atoms with Crippen LogP contribution in [0.4, 0.5) is 0 Å². The maximum absolute atomic E-state index is 5.72. The quantitative estimate of drug-likeness (QED) is 0.631. The van der Waals surface area contributed by atoms with E-state index in [1.165, 1.54) is 83.7 Å². The van der Waals surface area contributed by atoms with Crippen LogP contribution in [0.15, 0.2) is 0 Å². The highest BCUT2D eigenvalue weighted by Crippen LogP contribution is 2.42. The van der Waals surface area contributed by atoms with Crippen LogP contribution in [-0.2, 0) is 4.74 Å². The summed E-state index contributed by atoms with van der Waals surface area (Å²) in [6.07, 6.45) is 15.9. The van der Waals surface area contributed by atoms with E-state index in [4.69, 9.17) is 10.5 Å². The number of likely N-dealkylation sites (N-methyl/N-ethyl adjacent to an activating group) is 1. The summed E-state index contributed by atoms with van der Waals surface area (Å²) in [6.45, 7) is 5.49. The van der Waals surface area contributed by atoms with Crippen LogP contribution in [0.3, 0.4) is 0 Å². The second-order valence-electron chi connectivity index (χ2n) is 11.1. The molecule has 174 valence electrons. The Morgan fingerprint density at radius 2 is 1.77 bits per heavy atom. The molecule has 30 heavy (non-hydrogen) atoms. The maximum atomic E-state index is 5.72. The first kappa shape index (κ1) is 23.0. The first-order valence-electron chi connectivity index (χ1n) is 13.0. The molecule has 4 aliphatic rings. The van der Waals surface area contributed by atoms with Gasteiger partial charge in [-0.3, -0.25) is 10.2 Å². The fraction of sp³-hybridized carbons (Fsp3) is 1.00. The predicted molar refractivity (Wildman–Crippen MR) is 124 cm³/mol. The van der Waals surface area contributed by atoms with Gasteiger partial charge in [0.2, 0.25) is 0 Å². The average molecular weight is 421 g/mol. The minimum Gasteiger partial charge on any atom is -0.381 e. The summed E-state index contributed by atoms with van der Waals surface area (Å²) in [4.78, 5) is 5.27. The molecule has 1 heterocycles. The summed E-state index contributed by atoms with van der Waals surface area (Å²) >= 11 is 0. The van der Waals surface area contributed by atoms with Gasteiger partial charge in [-0.05, 0) is 94.9 Å². The number of hydrogen-bond acceptors (Lipinski definition) is 5. The molecule has 0 bridgehead atoms. The number of hydrogen-bond donors (Lipinski definition) is 2. The Hall–Kier alpha value is -0.200. The largest absolute Gasteiger partial charge is 0.381 e. The van der Waals surface area contributed by atoms with Crippen molar-refractivity contribution in [2.45, 2.75) is 88.8 Å². The van der Waals surface area contributed by atoms with Crippen molar-refractivity contribution < 1.29 is 4.74 Å². The van der Waals surface area contributed by atoms with Gasteiger partial charge in [0, 0.05) is 52.0 Å². The first-order chi connectivity index (χ1) is 14.7. The fourth-order valence-electron chi connectivity index (χ4n) is 7.35. The Balaban J connectivity index is 1.24. The van der Waals surface area contributed by atoms with E-state index in [1.54, 1.807) is 0 Å². The zero-order chi connectivity index (χ0) is 20.9. The van der Waals surface area contributed by atoms with Crippen molar-refractivity contribution >= 4 is 0 Å². The Morgan fingerprint density at radius 3 is 2.53 bits per heavy atom. The zero-order valence-corrected chi connectivity index (χ0v) is 19.7. The highest BCUT2D eigenvalue weighted by atomic mass is 16.5. The molecule has 5 nitrogen and oxygen atoms in total. The highest BCUT2D eigenvalue weighted by Gasteiger charge is 2.42. The van der Waals surface area contributed by atoms with Gasteiger partial charge in [0.25, 0.3) is 0 Å². The summed E-state index contributed by atoms with van der Waals surface area (Å²) in [5.41, 5.74) is 5.72. The van der Waals surface area contributed by atoms with Crippen molar-refractivity contribution in [1.29, 1.82) is 0 Å². The Morgan fingerprint density at radius 1 is 0.967 bits per heavy atom. The van der Waals surface area contributed by atoms with Gasteiger partial charge in [-0.25, -0.2) is 0 Å². The molecule has 5 heteroatoms. The number of ether oxygens (including phenoxy) is 1. The first-order valence-corrected chi connectivity index (χ1v) is 13.0. The minimum atomic E-state index is 0.508. The van der Waals surface area contributed by atoms with Gasteiger partial charge in [-0.2, -0.15) is 0 Å². The zero-order valence-electron chi connectivity index (χ0n) is 19.7. The van der Waals surface area contributed by atoms with E-state index in [0.717, 1.165) is 55.5 Å². The van der Waals surface area contributed by atoms with Crippen LogP contribution in [0, 0.1) is 23.7 Å². The third-order valence-corrected chi connectivity index (χ3v) is 9.08. The number of fused-ring (bicyclic) bond motifs is 1. The summed E-state index contributed by atoms with van der Waals surface area (Å²) in [5, 5.41) is 3.87. The molecular weight excluding hydrogens is 372 g/mol. The van der Waals surface area contributed by atoms with E-state index in [0.29, 0.717) is 6.10 Å². The molecule has 4 rings (SSSR count). The lowest BCUT2D eigenvalue weighted by molar-refractivity contribution is 0.0350. The van der Waals surface area contributed by atoms with E-state index in [1.807, 2.05) is 7.11 Å². The molecule has 0 aromatic heterocycles. The summed E-state index contributed by atoms with van der Waals surface area (Å²) in [6, 6.07) is 1.55. The predicted octanol–water partition coefficient (Wildman–Crippen LogP) is 3.29. The molecular formula is C25H48N4O. The van der Waals surface area contributed by atoms with Gasteiger partial charge in [0.1, 0.15) is 0 Å². The van der Waals surface area contributed by atoms with E-state index in [2.05, 4.69) is 22.2 Å². The van der Waals surface area contributed by atoms with Crippen molar-refractivity contribution in [3.05, 3.63) is 0 Å². The van der Waals surface area contributed by atoms with Gasteiger partial charge in [0.15, 0.2) is 0 Å². The Labute approximate surface area is 185 Å². The summed E-state index contributed by atoms with van der Waals surface area (Å²) < 4.78 is 5.69. The minimum absolute atomic E-state index is 0.508. The van der Waals surface area contributed by atoms with Gasteiger partial charge in [-0.15, -0.1) is 0 Å². The molecule has 0 radical (unpaired) electrons. The van der Waals surface area contributed by atoms with Crippen LogP contribution in [0.5, 0.6) is 0 Å². The average Bonchev–Trinajstić information content (AvgIpc) is 3.16. The van der Waals surface area contributed by atoms with Crippen molar-refractivity contribution in [2.24, 2.45) is 29.4 Å². The molecule has 1 aliphatic heterocycles. The lowest BCUT2D eigenvalue weighted by atomic mass is 9.69. The standard InChI is InChI=1S/C25H48N4O/c1-28(13-12-26)16-19-6-8-21(9-7-19)22-10-11-24-25(15-22)29(18-27-24)17-20-4-3-5-23(14-20)30-2/h19-25,27H,3-18,26H2,1-2H3. The molecule has 0 aromatic carbocycles. The molecule has 3 aliphatic carbocycles. The van der Waals surface area contributed by atoms with Crippen LogP contribution in [0.25, 0.3) is 0 Å². The van der Waals surface area contributed by atoms with Crippen LogP contribution in [-0.4, -0.2) is 75.0 Å². The van der Waals surface area contributed by atoms with Gasteiger partial charge in [-0.1, -0.05) is 6.42 Å². The Kier molecular flexibility index (Phi) is 8.49. The maximum Gasteiger partial charge on any atom is 0.0574 e. The lowest BCUT2D eigenvalue weighted by Gasteiger charge is -2.42. The van der Waals surface area contributed by atoms with Gasteiger partial charge < -0.3 is 15.4 Å². The summed E-state index contributed by atoms with van der Waals surface area (Å²) in [7, 11) is 4.14. The molecule has 0 amide bonds. The topological polar surface area (TPSA) is 53.8 Å². The SMILES string of the molecule is COC1CCCC(CN2CNC3CCC(C4CCC(CN(C)CCN)CC4)CC32)C1. The second-order valence-corrected chi connectivity index (χ2v) is 11.1. The van der Waals surface area contributed by atoms with Crippen molar-refractivity contribution in [3.8, 4) is 0 Å². The number of nitrogens with zero attached hydrogens (tertiary/aromatic N) is 2. The van der Waals surface area contributed by atoms with E-state index < -0.39 is 0 Å². The molecule has 3 saturated carbocycles. The number of nitrogens with two attached hydrogens (primary N) is 1. The van der Waals surface area contributed by atoms with Crippen molar-refractivity contribution in [2.75, 3.05) is 47.0 Å². The third-order valence-electron chi connectivity index (χ3n) is 9.08. The van der Waals surface area contributed by atoms with E-state index in [-0.39, 0.29) is 0 Å². The molecule has 0 aromatic rings. The number of rotatable bonds is 8. The molecule has 4 fully saturated rings. The summed E-state index contributed by atoms with van der Waals surface area (Å²) in [5.74, 6) is 3.69. The van der Waals surface area contributed by atoms with Crippen LogP contribution >= 0.6 is 0 Å².